The lowest BCUT2D eigenvalue weighted by Crippen LogP contribution is -2.15. The van der Waals surface area contributed by atoms with Gasteiger partial charge in [0, 0.05) is 0 Å². The maximum absolute atomic E-state index is 11.9. The number of aromatic nitrogens is 2. The van der Waals surface area contributed by atoms with Crippen LogP contribution in [-0.4, -0.2) is 16.1 Å². The minimum Gasteiger partial charge on any atom is -0.397 e. The molecule has 0 saturated carbocycles. The third-order valence-corrected chi connectivity index (χ3v) is 2.70. The van der Waals surface area contributed by atoms with Crippen LogP contribution in [0.1, 0.15) is 10.4 Å². The Hall–Kier alpha value is -1.85. The highest BCUT2D eigenvalue weighted by Crippen LogP contribution is 2.23. The van der Waals surface area contributed by atoms with Gasteiger partial charge in [-0.25, -0.2) is 0 Å². The number of nitrogens with one attached hydrogen (secondary N) is 1. The zero-order valence-corrected chi connectivity index (χ0v) is 10.5. The largest absolute Gasteiger partial charge is 0.397 e. The first kappa shape index (κ1) is 12.6. The summed E-state index contributed by atoms with van der Waals surface area (Å²) >= 11 is 11.4. The number of nitrogens with two attached hydrogens (primary N) is 1. The Morgan fingerprint density at radius 3 is 2.61 bits per heavy atom. The van der Waals surface area contributed by atoms with E-state index in [1.165, 1.54) is 12.1 Å². The van der Waals surface area contributed by atoms with Gasteiger partial charge in [0.25, 0.3) is 5.91 Å². The van der Waals surface area contributed by atoms with Crippen LogP contribution in [0.3, 0.4) is 0 Å². The number of para-hydroxylation sites is 1. The highest BCUT2D eigenvalue weighted by molar-refractivity contribution is 6.34. The van der Waals surface area contributed by atoms with Crippen LogP contribution in [0.4, 0.5) is 11.5 Å². The van der Waals surface area contributed by atoms with E-state index in [0.717, 1.165) is 0 Å². The molecular formula is C11H8Cl2N4O. The summed E-state index contributed by atoms with van der Waals surface area (Å²) < 4.78 is 0. The van der Waals surface area contributed by atoms with Crippen molar-refractivity contribution in [3.05, 3.63) is 46.1 Å². The predicted molar refractivity (Wildman–Crippen MR) is 70.9 cm³/mol. The van der Waals surface area contributed by atoms with Crippen molar-refractivity contribution in [2.24, 2.45) is 0 Å². The molecule has 0 saturated heterocycles. The van der Waals surface area contributed by atoms with Crippen LogP contribution in [0, 0.1) is 0 Å². The molecule has 2 aromatic rings. The molecule has 3 N–H and O–H groups in total. The van der Waals surface area contributed by atoms with Gasteiger partial charge >= 0.3 is 0 Å². The van der Waals surface area contributed by atoms with Crippen molar-refractivity contribution in [1.82, 2.24) is 10.2 Å². The Kier molecular flexibility index (Phi) is 3.64. The molecule has 0 aliphatic rings. The normalized spacial score (nSPS) is 10.1. The van der Waals surface area contributed by atoms with Crippen LogP contribution in [0.5, 0.6) is 0 Å². The van der Waals surface area contributed by atoms with Gasteiger partial charge < -0.3 is 11.1 Å². The average Bonchev–Trinajstić information content (AvgIpc) is 2.35. The van der Waals surface area contributed by atoms with E-state index < -0.39 is 5.91 Å². The van der Waals surface area contributed by atoms with Crippen LogP contribution in [-0.2, 0) is 0 Å². The Morgan fingerprint density at radius 2 is 1.94 bits per heavy atom. The minimum absolute atomic E-state index is 0.221. The number of hydrogen-bond donors (Lipinski definition) is 2. The molecule has 0 atom stereocenters. The quantitative estimate of drug-likeness (QED) is 0.830. The van der Waals surface area contributed by atoms with Crippen molar-refractivity contribution in [3.8, 4) is 0 Å². The molecule has 1 heterocycles. The molecule has 2 rings (SSSR count). The number of anilines is 2. The maximum Gasteiger partial charge on any atom is 0.259 e. The highest BCUT2D eigenvalue weighted by atomic mass is 35.5. The smallest absolute Gasteiger partial charge is 0.259 e. The second kappa shape index (κ2) is 5.20. The van der Waals surface area contributed by atoms with E-state index in [2.05, 4.69) is 15.5 Å². The van der Waals surface area contributed by atoms with Gasteiger partial charge in [0.1, 0.15) is 0 Å². The number of nitrogen functional groups attached to an aromatic ring is 1. The molecule has 0 fully saturated rings. The molecule has 5 nitrogen and oxygen atoms in total. The molecule has 0 unspecified atom stereocenters. The number of rotatable bonds is 2. The third kappa shape index (κ3) is 2.69. The number of carbonyl (C=O) groups is 1. The van der Waals surface area contributed by atoms with Crippen LogP contribution in [0.25, 0.3) is 0 Å². The number of benzene rings is 1. The summed E-state index contributed by atoms with van der Waals surface area (Å²) in [7, 11) is 0. The first-order chi connectivity index (χ1) is 8.58. The summed E-state index contributed by atoms with van der Waals surface area (Å²) in [4.78, 5) is 11.9. The van der Waals surface area contributed by atoms with Gasteiger partial charge in [-0.3, -0.25) is 4.79 Å². The van der Waals surface area contributed by atoms with Gasteiger partial charge in [-0.15, -0.1) is 10.2 Å². The van der Waals surface area contributed by atoms with Gasteiger partial charge in [-0.05, 0) is 24.3 Å². The van der Waals surface area contributed by atoms with Gasteiger partial charge in [-0.2, -0.15) is 0 Å². The second-order valence-electron chi connectivity index (χ2n) is 3.40. The second-order valence-corrected chi connectivity index (χ2v) is 4.19. The average molecular weight is 283 g/mol. The Balaban J connectivity index is 2.22. The summed E-state index contributed by atoms with van der Waals surface area (Å²) in [6, 6.07) is 7.87. The summed E-state index contributed by atoms with van der Waals surface area (Å²) in [5, 5.41) is 10.4. The van der Waals surface area contributed by atoms with Crippen molar-refractivity contribution in [2.45, 2.75) is 0 Å². The maximum atomic E-state index is 11.9. The van der Waals surface area contributed by atoms with Crippen molar-refractivity contribution in [2.75, 3.05) is 11.1 Å². The van der Waals surface area contributed by atoms with E-state index in [4.69, 9.17) is 28.9 Å². The number of halogens is 2. The van der Waals surface area contributed by atoms with Crippen molar-refractivity contribution < 1.29 is 4.79 Å². The van der Waals surface area contributed by atoms with E-state index in [1.54, 1.807) is 18.2 Å². The van der Waals surface area contributed by atoms with Crippen LogP contribution in [0.15, 0.2) is 30.3 Å². The number of nitrogens with zero attached hydrogens (tertiary/aromatic N) is 2. The lowest BCUT2D eigenvalue weighted by molar-refractivity contribution is 0.102. The van der Waals surface area contributed by atoms with E-state index in [0.29, 0.717) is 5.02 Å². The fourth-order valence-corrected chi connectivity index (χ4v) is 1.58. The van der Waals surface area contributed by atoms with Gasteiger partial charge in [-0.1, -0.05) is 29.3 Å². The van der Waals surface area contributed by atoms with Crippen LogP contribution in [0.2, 0.25) is 10.2 Å². The van der Waals surface area contributed by atoms with E-state index in [1.807, 2.05) is 0 Å². The SMILES string of the molecule is Nc1c(Cl)cccc1C(=O)Nc1ccc(Cl)nn1. The first-order valence-corrected chi connectivity index (χ1v) is 5.68. The zero-order chi connectivity index (χ0) is 13.1. The summed E-state index contributed by atoms with van der Waals surface area (Å²) in [6.07, 6.45) is 0. The van der Waals surface area contributed by atoms with E-state index in [9.17, 15) is 4.79 Å². The molecule has 18 heavy (non-hydrogen) atoms. The molecule has 0 spiro atoms. The molecule has 0 radical (unpaired) electrons. The molecule has 0 bridgehead atoms. The zero-order valence-electron chi connectivity index (χ0n) is 9.02. The summed E-state index contributed by atoms with van der Waals surface area (Å²) in [5.41, 5.74) is 6.21. The Bertz CT molecular complexity index is 586. The molecule has 1 aromatic heterocycles. The molecule has 7 heteroatoms. The first-order valence-electron chi connectivity index (χ1n) is 4.92. The van der Waals surface area contributed by atoms with Crippen LogP contribution < -0.4 is 11.1 Å². The molecule has 1 amide bonds. The Morgan fingerprint density at radius 1 is 1.17 bits per heavy atom. The summed E-state index contributed by atoms with van der Waals surface area (Å²) in [5.74, 6) is -0.129. The highest BCUT2D eigenvalue weighted by Gasteiger charge is 2.12. The standard InChI is InChI=1S/C11H8Cl2N4O/c12-7-3-1-2-6(10(7)14)11(18)15-9-5-4-8(13)16-17-9/h1-5H,14H2,(H,15,17,18). The monoisotopic (exact) mass is 282 g/mol. The van der Waals surface area contributed by atoms with Gasteiger partial charge in [0.2, 0.25) is 0 Å². The van der Waals surface area contributed by atoms with Gasteiger partial charge in [0.15, 0.2) is 11.0 Å². The number of hydrogen-bond acceptors (Lipinski definition) is 4. The molecule has 0 aliphatic heterocycles. The fraction of sp³-hybridized carbons (Fsp3) is 0. The number of amides is 1. The topological polar surface area (TPSA) is 80.9 Å². The van der Waals surface area contributed by atoms with Crippen molar-refractivity contribution in [3.63, 3.8) is 0 Å². The van der Waals surface area contributed by atoms with E-state index >= 15 is 0 Å². The van der Waals surface area contributed by atoms with Crippen molar-refractivity contribution in [1.29, 1.82) is 0 Å². The van der Waals surface area contributed by atoms with Crippen molar-refractivity contribution >= 4 is 40.6 Å². The lowest BCUT2D eigenvalue weighted by Gasteiger charge is -2.07. The lowest BCUT2D eigenvalue weighted by atomic mass is 10.1. The molecular weight excluding hydrogens is 275 g/mol. The van der Waals surface area contributed by atoms with Crippen LogP contribution >= 0.6 is 23.2 Å². The molecule has 92 valence electrons. The number of carbonyl (C=O) groups excluding carboxylic acids is 1. The third-order valence-electron chi connectivity index (χ3n) is 2.17. The minimum atomic E-state index is -0.411. The van der Waals surface area contributed by atoms with Gasteiger partial charge in [0.05, 0.1) is 16.3 Å². The summed E-state index contributed by atoms with van der Waals surface area (Å²) in [6.45, 7) is 0. The molecule has 0 aliphatic carbocycles. The molecule has 1 aromatic carbocycles. The Labute approximate surface area is 113 Å². The fourth-order valence-electron chi connectivity index (χ4n) is 1.30. The van der Waals surface area contributed by atoms with E-state index in [-0.39, 0.29) is 22.2 Å². The predicted octanol–water partition coefficient (Wildman–Crippen LogP) is 2.62.